The Hall–Kier alpha value is -3.95. The molecule has 0 unspecified atom stereocenters. The van der Waals surface area contributed by atoms with Gasteiger partial charge in [0.25, 0.3) is 11.6 Å². The molecular weight excluding hydrogens is 562 g/mol. The van der Waals surface area contributed by atoms with Crippen LogP contribution < -0.4 is 10.1 Å². The van der Waals surface area contributed by atoms with Gasteiger partial charge in [-0.1, -0.05) is 32.4 Å². The number of carbonyl (C=O) groups excluding carboxylic acids is 1. The Morgan fingerprint density at radius 2 is 1.95 bits per heavy atom. The summed E-state index contributed by atoms with van der Waals surface area (Å²) in [4.78, 5) is 30.3. The molecule has 0 fully saturated rings. The van der Waals surface area contributed by atoms with E-state index in [9.17, 15) is 14.9 Å². The predicted octanol–water partition coefficient (Wildman–Crippen LogP) is 8.73. The molecule has 0 bridgehead atoms. The van der Waals surface area contributed by atoms with Gasteiger partial charge in [0.1, 0.15) is 22.3 Å². The second-order valence-electron chi connectivity index (χ2n) is 11.1. The van der Waals surface area contributed by atoms with Crippen LogP contribution in [0.15, 0.2) is 64.0 Å². The number of aliphatic imine (C=N–C) groups is 1. The van der Waals surface area contributed by atoms with Gasteiger partial charge < -0.3 is 14.5 Å². The molecular formula is C31H30ClN3O5S. The normalized spacial score (nSPS) is 15.1. The van der Waals surface area contributed by atoms with Crippen LogP contribution in [0.5, 0.6) is 5.75 Å². The van der Waals surface area contributed by atoms with Crippen molar-refractivity contribution in [1.29, 1.82) is 0 Å². The number of methoxy groups -OCH3 is 1. The molecule has 0 aliphatic heterocycles. The number of halogens is 1. The van der Waals surface area contributed by atoms with Crippen LogP contribution in [0.4, 0.5) is 16.4 Å². The number of benzene rings is 2. The largest absolute Gasteiger partial charge is 0.496 e. The molecule has 4 aromatic rings. The van der Waals surface area contributed by atoms with Crippen LogP contribution in [0.3, 0.4) is 0 Å². The standard InChI is InChI=1S/C31H30ClN3O5S/c1-31(2,3)18-5-12-23-27(15-18)41-30(28(23)29(36)34-20-8-6-19(32)7-9-20)33-17-22-11-14-26(40-22)24-16-21(35(37)38)10-13-25(24)39-4/h6-11,13-14,16-18H,5,12,15H2,1-4H3,(H,34,36)/t18-/m1/s1. The number of hydrogen-bond acceptors (Lipinski definition) is 7. The molecule has 10 heteroatoms. The third kappa shape index (κ3) is 6.21. The smallest absolute Gasteiger partial charge is 0.270 e. The molecule has 1 aliphatic rings. The Morgan fingerprint density at radius 3 is 2.63 bits per heavy atom. The minimum absolute atomic E-state index is 0.0681. The zero-order valence-corrected chi connectivity index (χ0v) is 24.8. The molecule has 0 spiro atoms. The second kappa shape index (κ2) is 11.5. The number of hydrogen-bond donors (Lipinski definition) is 1. The first-order valence-corrected chi connectivity index (χ1v) is 14.4. The zero-order chi connectivity index (χ0) is 29.3. The van der Waals surface area contributed by atoms with Gasteiger partial charge in [-0.15, -0.1) is 11.3 Å². The van der Waals surface area contributed by atoms with Crippen LogP contribution in [0, 0.1) is 21.4 Å². The average molecular weight is 592 g/mol. The number of rotatable bonds is 7. The van der Waals surface area contributed by atoms with Gasteiger partial charge in [0, 0.05) is 27.7 Å². The number of ether oxygens (including phenoxy) is 1. The van der Waals surface area contributed by atoms with Gasteiger partial charge in [-0.2, -0.15) is 0 Å². The number of thiophene rings is 1. The van der Waals surface area contributed by atoms with Crippen molar-refractivity contribution < 1.29 is 18.9 Å². The number of carbonyl (C=O) groups is 1. The van der Waals surface area contributed by atoms with E-state index in [2.05, 4.69) is 26.1 Å². The highest BCUT2D eigenvalue weighted by Gasteiger charge is 2.33. The van der Waals surface area contributed by atoms with Crippen molar-refractivity contribution in [3.63, 3.8) is 0 Å². The molecule has 1 atom stereocenters. The van der Waals surface area contributed by atoms with Crippen molar-refractivity contribution in [2.24, 2.45) is 16.3 Å². The van der Waals surface area contributed by atoms with E-state index in [1.165, 1.54) is 30.2 Å². The molecule has 5 rings (SSSR count). The number of nitro benzene ring substituents is 1. The Balaban J connectivity index is 1.48. The zero-order valence-electron chi connectivity index (χ0n) is 23.2. The lowest BCUT2D eigenvalue weighted by Gasteiger charge is -2.33. The Kier molecular flexibility index (Phi) is 8.02. The van der Waals surface area contributed by atoms with Gasteiger partial charge in [0.2, 0.25) is 0 Å². The second-order valence-corrected chi connectivity index (χ2v) is 12.6. The van der Waals surface area contributed by atoms with E-state index >= 15 is 0 Å². The Bertz CT molecular complexity index is 1630. The number of nitrogens with zero attached hydrogens (tertiary/aromatic N) is 2. The van der Waals surface area contributed by atoms with Gasteiger partial charge in [0.05, 0.1) is 29.4 Å². The molecule has 1 amide bonds. The predicted molar refractivity (Wildman–Crippen MR) is 163 cm³/mol. The number of fused-ring (bicyclic) bond motifs is 1. The van der Waals surface area contributed by atoms with Crippen molar-refractivity contribution in [2.75, 3.05) is 12.4 Å². The number of nitro groups is 1. The SMILES string of the molecule is COc1ccc([N+](=O)[O-])cc1-c1ccc(C=Nc2sc3c(c2C(=O)Nc2ccc(Cl)cc2)CC[C@@H](C(C)(C)C)C3)o1. The molecule has 1 N–H and O–H groups in total. The van der Waals surface area contributed by atoms with Crippen LogP contribution in [0.2, 0.25) is 5.02 Å². The topological polar surface area (TPSA) is 107 Å². The first kappa shape index (κ1) is 28.6. The summed E-state index contributed by atoms with van der Waals surface area (Å²) in [6.07, 6.45) is 4.29. The van der Waals surface area contributed by atoms with Gasteiger partial charge in [-0.05, 0) is 78.6 Å². The molecule has 1 aliphatic carbocycles. The molecule has 8 nitrogen and oxygen atoms in total. The minimum Gasteiger partial charge on any atom is -0.496 e. The highest BCUT2D eigenvalue weighted by Crippen LogP contribution is 2.45. The van der Waals surface area contributed by atoms with Crippen LogP contribution >= 0.6 is 22.9 Å². The highest BCUT2D eigenvalue weighted by atomic mass is 35.5. The quantitative estimate of drug-likeness (QED) is 0.131. The lowest BCUT2D eigenvalue weighted by atomic mass is 9.72. The van der Waals surface area contributed by atoms with Gasteiger partial charge in [0.15, 0.2) is 0 Å². The van der Waals surface area contributed by atoms with E-state index in [1.54, 1.807) is 53.9 Å². The van der Waals surface area contributed by atoms with Crippen LogP contribution in [0.25, 0.3) is 11.3 Å². The third-order valence-electron chi connectivity index (χ3n) is 7.40. The lowest BCUT2D eigenvalue weighted by molar-refractivity contribution is -0.384. The molecule has 0 radical (unpaired) electrons. The first-order chi connectivity index (χ1) is 19.5. The van der Waals surface area contributed by atoms with Crippen molar-refractivity contribution >= 4 is 51.4 Å². The van der Waals surface area contributed by atoms with Crippen molar-refractivity contribution in [3.8, 4) is 17.1 Å². The van der Waals surface area contributed by atoms with Crippen molar-refractivity contribution in [3.05, 3.63) is 91.5 Å². The summed E-state index contributed by atoms with van der Waals surface area (Å²) >= 11 is 7.56. The maximum Gasteiger partial charge on any atom is 0.270 e. The van der Waals surface area contributed by atoms with Gasteiger partial charge in [-0.3, -0.25) is 14.9 Å². The highest BCUT2D eigenvalue weighted by molar-refractivity contribution is 7.16. The minimum atomic E-state index is -0.465. The van der Waals surface area contributed by atoms with Crippen LogP contribution in [0.1, 0.15) is 53.8 Å². The Morgan fingerprint density at radius 1 is 1.20 bits per heavy atom. The van der Waals surface area contributed by atoms with Gasteiger partial charge >= 0.3 is 0 Å². The summed E-state index contributed by atoms with van der Waals surface area (Å²) in [5, 5.41) is 15.5. The average Bonchev–Trinajstić information content (AvgIpc) is 3.56. The Labute approximate surface area is 247 Å². The molecule has 2 heterocycles. The molecule has 0 saturated heterocycles. The van der Waals surface area contributed by atoms with Gasteiger partial charge in [-0.25, -0.2) is 4.99 Å². The molecule has 212 valence electrons. The summed E-state index contributed by atoms with van der Waals surface area (Å²) in [5.74, 6) is 1.60. The monoisotopic (exact) mass is 591 g/mol. The summed E-state index contributed by atoms with van der Waals surface area (Å²) < 4.78 is 11.4. The van der Waals surface area contributed by atoms with E-state index in [0.717, 1.165) is 24.8 Å². The third-order valence-corrected chi connectivity index (χ3v) is 8.81. The fourth-order valence-electron chi connectivity index (χ4n) is 5.05. The van der Waals surface area contributed by atoms with Crippen LogP contribution in [-0.2, 0) is 12.8 Å². The van der Waals surface area contributed by atoms with E-state index in [4.69, 9.17) is 25.7 Å². The van der Waals surface area contributed by atoms with E-state index < -0.39 is 4.92 Å². The molecule has 41 heavy (non-hydrogen) atoms. The van der Waals surface area contributed by atoms with E-state index in [0.29, 0.717) is 50.0 Å². The number of anilines is 1. The maximum atomic E-state index is 13.6. The fourth-order valence-corrected chi connectivity index (χ4v) is 6.45. The van der Waals surface area contributed by atoms with E-state index in [-0.39, 0.29) is 17.0 Å². The van der Waals surface area contributed by atoms with Crippen molar-refractivity contribution in [2.45, 2.75) is 40.0 Å². The number of furan rings is 1. The molecule has 2 aromatic heterocycles. The lowest BCUT2D eigenvalue weighted by Crippen LogP contribution is -2.27. The fraction of sp³-hybridized carbons (Fsp3) is 0.290. The summed E-state index contributed by atoms with van der Waals surface area (Å²) in [6.45, 7) is 6.77. The maximum absolute atomic E-state index is 13.6. The summed E-state index contributed by atoms with van der Waals surface area (Å²) in [6, 6.07) is 14.8. The first-order valence-electron chi connectivity index (χ1n) is 13.2. The molecule has 2 aromatic carbocycles. The number of amides is 1. The number of nitrogens with one attached hydrogen (secondary N) is 1. The van der Waals surface area contributed by atoms with Crippen LogP contribution in [-0.4, -0.2) is 24.2 Å². The molecule has 0 saturated carbocycles. The summed E-state index contributed by atoms with van der Waals surface area (Å²) in [5.41, 5.74) is 2.84. The van der Waals surface area contributed by atoms with E-state index in [1.807, 2.05) is 0 Å². The summed E-state index contributed by atoms with van der Waals surface area (Å²) in [7, 11) is 1.50. The number of non-ortho nitro benzene ring substituents is 1. The van der Waals surface area contributed by atoms with Crippen molar-refractivity contribution in [1.82, 2.24) is 0 Å².